The molecule has 2 amide bonds. The van der Waals surface area contributed by atoms with E-state index in [4.69, 9.17) is 18.9 Å². The first kappa shape index (κ1) is 29.3. The van der Waals surface area contributed by atoms with Crippen LogP contribution in [0.5, 0.6) is 11.5 Å². The van der Waals surface area contributed by atoms with E-state index in [1.54, 1.807) is 23.1 Å². The van der Waals surface area contributed by atoms with Crippen LogP contribution in [0.25, 0.3) is 0 Å². The lowest BCUT2D eigenvalue weighted by atomic mass is 9.77. The average molecular weight is 549 g/mol. The Bertz CT molecular complexity index is 1050. The number of methoxy groups -OCH3 is 1. The third kappa shape index (κ3) is 6.22. The highest BCUT2D eigenvalue weighted by molar-refractivity contribution is 5.96. The number of amides is 2. The van der Waals surface area contributed by atoms with Gasteiger partial charge in [-0.1, -0.05) is 0 Å². The van der Waals surface area contributed by atoms with Gasteiger partial charge >= 0.3 is 0 Å². The zero-order chi connectivity index (χ0) is 28.1. The van der Waals surface area contributed by atoms with Crippen LogP contribution in [0.3, 0.4) is 0 Å². The zero-order valence-electron chi connectivity index (χ0n) is 22.8. The van der Waals surface area contributed by atoms with E-state index in [1.165, 1.54) is 7.11 Å². The van der Waals surface area contributed by atoms with Gasteiger partial charge in [-0.3, -0.25) is 9.59 Å². The van der Waals surface area contributed by atoms with Crippen LogP contribution >= 0.6 is 0 Å². The van der Waals surface area contributed by atoms with Gasteiger partial charge in [0.05, 0.1) is 38.4 Å². The van der Waals surface area contributed by atoms with Crippen LogP contribution in [0.4, 0.5) is 0 Å². The van der Waals surface area contributed by atoms with Gasteiger partial charge in [0, 0.05) is 37.4 Å². The second-order valence-corrected chi connectivity index (χ2v) is 10.3. The van der Waals surface area contributed by atoms with Gasteiger partial charge < -0.3 is 44.5 Å². The van der Waals surface area contributed by atoms with Crippen LogP contribution in [0.2, 0.25) is 0 Å². The predicted molar refractivity (Wildman–Crippen MR) is 140 cm³/mol. The third-order valence-electron chi connectivity index (χ3n) is 7.34. The molecule has 1 unspecified atom stereocenters. The number of nitrogens with one attached hydrogen (secondary N) is 1. The molecule has 0 bridgehead atoms. The van der Waals surface area contributed by atoms with E-state index in [9.17, 15) is 24.9 Å². The molecule has 0 spiro atoms. The molecule has 1 saturated heterocycles. The second-order valence-electron chi connectivity index (χ2n) is 10.3. The molecule has 4 rings (SSSR count). The highest BCUT2D eigenvalue weighted by Crippen LogP contribution is 2.51. The monoisotopic (exact) mass is 548 g/mol. The summed E-state index contributed by atoms with van der Waals surface area (Å²) in [6.07, 6.45) is 0.885. The van der Waals surface area contributed by atoms with Gasteiger partial charge in [-0.15, -0.1) is 0 Å². The maximum atomic E-state index is 13.7. The molecule has 1 aromatic carbocycles. The summed E-state index contributed by atoms with van der Waals surface area (Å²) in [5, 5.41) is 33.5. The third-order valence-corrected chi connectivity index (χ3v) is 7.34. The molecule has 4 N–H and O–H groups in total. The Morgan fingerprint density at radius 2 is 2.05 bits per heavy atom. The number of hydrogen-bond donors (Lipinski definition) is 4. The van der Waals surface area contributed by atoms with Crippen LogP contribution in [0.15, 0.2) is 23.8 Å². The SMILES string of the molecule is COc1cc(CO)cc2c1O[C@@H]1[C@@H](O)[C@H](N(CCCOC(C)C)C(=O)C3CCCO3)C=C(C(=O)NCCO)[C@H]21. The zero-order valence-corrected chi connectivity index (χ0v) is 22.8. The Balaban J connectivity index is 1.73. The summed E-state index contributed by atoms with van der Waals surface area (Å²) < 4.78 is 23.1. The van der Waals surface area contributed by atoms with Gasteiger partial charge in [0.2, 0.25) is 5.91 Å². The van der Waals surface area contributed by atoms with Crippen LogP contribution in [-0.2, 0) is 25.7 Å². The molecule has 11 nitrogen and oxygen atoms in total. The Morgan fingerprint density at radius 3 is 2.69 bits per heavy atom. The van der Waals surface area contributed by atoms with E-state index in [-0.39, 0.29) is 38.3 Å². The summed E-state index contributed by atoms with van der Waals surface area (Å²) in [5.74, 6) is -0.597. The van der Waals surface area contributed by atoms with Gasteiger partial charge in [-0.2, -0.15) is 0 Å². The van der Waals surface area contributed by atoms with Crippen LogP contribution in [0.1, 0.15) is 50.2 Å². The molecule has 1 fully saturated rings. The summed E-state index contributed by atoms with van der Waals surface area (Å²) >= 11 is 0. The van der Waals surface area contributed by atoms with E-state index in [1.807, 2.05) is 13.8 Å². The van der Waals surface area contributed by atoms with E-state index < -0.39 is 36.2 Å². The maximum absolute atomic E-state index is 13.7. The van der Waals surface area contributed by atoms with Crippen LogP contribution in [0, 0.1) is 0 Å². The number of carbonyl (C=O) groups excluding carboxylic acids is 2. The summed E-state index contributed by atoms with van der Waals surface area (Å²) in [6, 6.07) is 2.52. The molecule has 1 aromatic rings. The Labute approximate surface area is 228 Å². The molecular weight excluding hydrogens is 508 g/mol. The molecule has 2 aliphatic heterocycles. The van der Waals surface area contributed by atoms with Crippen molar-refractivity contribution >= 4 is 11.8 Å². The van der Waals surface area contributed by atoms with Gasteiger partial charge in [0.15, 0.2) is 11.5 Å². The first-order valence-electron chi connectivity index (χ1n) is 13.6. The normalized spacial score (nSPS) is 25.5. The number of fused-ring (bicyclic) bond motifs is 3. The quantitative estimate of drug-likeness (QED) is 0.276. The van der Waals surface area contributed by atoms with Gasteiger partial charge in [0.1, 0.15) is 18.3 Å². The van der Waals surface area contributed by atoms with Crippen molar-refractivity contribution < 1.29 is 43.9 Å². The Morgan fingerprint density at radius 1 is 1.26 bits per heavy atom. The van der Waals surface area contributed by atoms with Gasteiger partial charge in [-0.05, 0) is 56.9 Å². The highest BCUT2D eigenvalue weighted by Gasteiger charge is 2.52. The summed E-state index contributed by atoms with van der Waals surface area (Å²) in [6.45, 7) is 4.64. The van der Waals surface area contributed by atoms with Gasteiger partial charge in [-0.25, -0.2) is 0 Å². The molecule has 0 radical (unpaired) electrons. The van der Waals surface area contributed by atoms with Gasteiger partial charge in [0.25, 0.3) is 5.91 Å². The average Bonchev–Trinajstić information content (AvgIpc) is 3.60. The van der Waals surface area contributed by atoms with Crippen molar-refractivity contribution in [1.82, 2.24) is 10.2 Å². The molecule has 39 heavy (non-hydrogen) atoms. The molecule has 3 aliphatic rings. The van der Waals surface area contributed by atoms with E-state index in [0.717, 1.165) is 6.42 Å². The fourth-order valence-corrected chi connectivity index (χ4v) is 5.54. The van der Waals surface area contributed by atoms with Crippen molar-refractivity contribution in [2.45, 2.75) is 76.1 Å². The first-order valence-corrected chi connectivity index (χ1v) is 13.6. The number of nitrogens with zero attached hydrogens (tertiary/aromatic N) is 1. The summed E-state index contributed by atoms with van der Waals surface area (Å²) in [4.78, 5) is 28.6. The smallest absolute Gasteiger partial charge is 0.252 e. The van der Waals surface area contributed by atoms with Crippen molar-refractivity contribution in [2.24, 2.45) is 0 Å². The van der Waals surface area contributed by atoms with Crippen molar-refractivity contribution in [3.8, 4) is 11.5 Å². The number of benzene rings is 1. The minimum atomic E-state index is -1.17. The number of carbonyl (C=O) groups is 2. The maximum Gasteiger partial charge on any atom is 0.252 e. The number of aliphatic hydroxyl groups excluding tert-OH is 3. The number of hydrogen-bond acceptors (Lipinski definition) is 9. The van der Waals surface area contributed by atoms with E-state index in [2.05, 4.69) is 5.32 Å². The summed E-state index contributed by atoms with van der Waals surface area (Å²) in [5.41, 5.74) is 1.48. The molecular formula is C28H40N2O9. The number of ether oxygens (including phenoxy) is 4. The molecule has 5 atom stereocenters. The standard InChI is InChI=1S/C28H40N2O9/c1-16(2)37-11-5-8-30(28(35)21-6-4-10-38-21)20-14-19(27(34)29-7-9-31)23-18-12-17(15-32)13-22(36-3)25(18)39-26(23)24(20)33/h12-14,16,20-21,23-24,26,31-33H,4-11,15H2,1-3H3,(H,29,34)/t20-,21?,23+,24+,26+/m1/s1. The topological polar surface area (TPSA) is 147 Å². The fraction of sp³-hybridized carbons (Fsp3) is 0.643. The lowest BCUT2D eigenvalue weighted by molar-refractivity contribution is -0.147. The Kier molecular flexibility index (Phi) is 9.84. The van der Waals surface area contributed by atoms with E-state index in [0.29, 0.717) is 54.3 Å². The summed E-state index contributed by atoms with van der Waals surface area (Å²) in [7, 11) is 1.48. The lowest BCUT2D eigenvalue weighted by Crippen LogP contribution is -2.57. The lowest BCUT2D eigenvalue weighted by Gasteiger charge is -2.41. The highest BCUT2D eigenvalue weighted by atomic mass is 16.5. The van der Waals surface area contributed by atoms with E-state index >= 15 is 0 Å². The molecule has 0 aromatic heterocycles. The Hall–Kier alpha value is -2.70. The van der Waals surface area contributed by atoms with Crippen molar-refractivity contribution in [3.63, 3.8) is 0 Å². The first-order chi connectivity index (χ1) is 18.8. The molecule has 1 aliphatic carbocycles. The second kappa shape index (κ2) is 13.1. The molecule has 216 valence electrons. The van der Waals surface area contributed by atoms with Crippen LogP contribution in [-0.4, -0.2) is 103 Å². The van der Waals surface area contributed by atoms with Crippen molar-refractivity contribution in [3.05, 3.63) is 34.9 Å². The molecule has 11 heteroatoms. The predicted octanol–water partition coefficient (Wildman–Crippen LogP) is 0.633. The number of rotatable bonds is 12. The van der Waals surface area contributed by atoms with Crippen molar-refractivity contribution in [2.75, 3.05) is 40.0 Å². The minimum Gasteiger partial charge on any atom is -0.493 e. The minimum absolute atomic E-state index is 0.0410. The largest absolute Gasteiger partial charge is 0.493 e. The van der Waals surface area contributed by atoms with Crippen molar-refractivity contribution in [1.29, 1.82) is 0 Å². The van der Waals surface area contributed by atoms with Crippen LogP contribution < -0.4 is 14.8 Å². The fourth-order valence-electron chi connectivity index (χ4n) is 5.54. The molecule has 0 saturated carbocycles. The number of aliphatic hydroxyl groups is 3. The molecule has 2 heterocycles.